The van der Waals surface area contributed by atoms with Crippen molar-refractivity contribution in [2.45, 2.75) is 33.1 Å². The molecule has 0 aliphatic carbocycles. The zero-order valence-corrected chi connectivity index (χ0v) is 15.7. The van der Waals surface area contributed by atoms with Crippen LogP contribution in [0.25, 0.3) is 0 Å². The van der Waals surface area contributed by atoms with Crippen molar-refractivity contribution in [3.8, 4) is 0 Å². The fraction of sp³-hybridized carbons (Fsp3) is 0.562. The second kappa shape index (κ2) is 9.48. The van der Waals surface area contributed by atoms with Gasteiger partial charge in [-0.1, -0.05) is 0 Å². The summed E-state index contributed by atoms with van der Waals surface area (Å²) in [4.78, 5) is 11.5. The van der Waals surface area contributed by atoms with Crippen LogP contribution in [0.1, 0.15) is 42.3 Å². The van der Waals surface area contributed by atoms with E-state index in [1.807, 2.05) is 0 Å². The van der Waals surface area contributed by atoms with Gasteiger partial charge in [-0.05, 0) is 0 Å². The molecule has 0 spiro atoms. The average Bonchev–Trinajstić information content (AvgIpc) is 2.54. The van der Waals surface area contributed by atoms with Crippen LogP contribution in [0.5, 0.6) is 0 Å². The Morgan fingerprint density at radius 1 is 1.04 bits per heavy atom. The molecule has 0 radical (unpaired) electrons. The molecule has 0 heterocycles. The van der Waals surface area contributed by atoms with Crippen LogP contribution in [0, 0.1) is 0 Å². The molecule has 0 bridgehead atoms. The average molecular weight is 384 g/mol. The summed E-state index contributed by atoms with van der Waals surface area (Å²) in [6.45, 7) is 5.95. The van der Waals surface area contributed by atoms with E-state index in [4.69, 9.17) is 13.6 Å². The summed E-state index contributed by atoms with van der Waals surface area (Å²) < 4.78 is 61.7. The third kappa shape index (κ3) is 5.92. The van der Waals surface area contributed by atoms with Crippen LogP contribution in [-0.2, 0) is 30.6 Å². The molecule has 0 atom stereocenters. The van der Waals surface area contributed by atoms with Crippen molar-refractivity contribution in [1.29, 1.82) is 0 Å². The van der Waals surface area contributed by atoms with E-state index in [1.54, 1.807) is 20.8 Å². The van der Waals surface area contributed by atoms with Crippen LogP contribution in [0.4, 0.5) is 13.2 Å². The minimum atomic E-state index is -4.63. The van der Waals surface area contributed by atoms with Crippen molar-refractivity contribution in [2.24, 2.45) is 0 Å². The predicted octanol–water partition coefficient (Wildman–Crippen LogP) is 4.60. The van der Waals surface area contributed by atoms with E-state index in [9.17, 15) is 18.0 Å². The molecule has 144 valence electrons. The van der Waals surface area contributed by atoms with E-state index in [-0.39, 0.29) is 37.1 Å². The predicted molar refractivity (Wildman–Crippen MR) is 89.7 cm³/mol. The fourth-order valence-corrected chi connectivity index (χ4v) is 5.06. The van der Waals surface area contributed by atoms with Crippen molar-refractivity contribution in [2.75, 3.05) is 26.9 Å². The second-order valence-corrected chi connectivity index (χ2v) is 7.61. The van der Waals surface area contributed by atoms with Gasteiger partial charge >= 0.3 is 145 Å². The second-order valence-electron chi connectivity index (χ2n) is 5.02. The summed E-state index contributed by atoms with van der Waals surface area (Å²) in [6, 6.07) is 3.32. The molecular formula is C16H24F3O5P. The normalized spacial score (nSPS) is 12.9. The van der Waals surface area contributed by atoms with E-state index in [2.05, 4.69) is 4.74 Å². The van der Waals surface area contributed by atoms with Crippen LogP contribution in [0.2, 0.25) is 0 Å². The van der Waals surface area contributed by atoms with Gasteiger partial charge in [0.05, 0.1) is 0 Å². The van der Waals surface area contributed by atoms with Crippen molar-refractivity contribution >= 4 is 13.9 Å². The molecule has 0 unspecified atom stereocenters. The van der Waals surface area contributed by atoms with Gasteiger partial charge in [0.2, 0.25) is 0 Å². The Hall–Kier alpha value is -1.21. The van der Waals surface area contributed by atoms with E-state index in [0.29, 0.717) is 0 Å². The molecule has 1 aromatic rings. The van der Waals surface area contributed by atoms with Gasteiger partial charge in [-0.25, -0.2) is 0 Å². The monoisotopic (exact) mass is 384 g/mol. The van der Waals surface area contributed by atoms with Gasteiger partial charge in [0, 0.05) is 0 Å². The first kappa shape index (κ1) is 21.8. The number of ether oxygens (including phenoxy) is 1. The van der Waals surface area contributed by atoms with E-state index < -0.39 is 25.7 Å². The molecule has 0 fully saturated rings. The number of halogens is 3. The van der Waals surface area contributed by atoms with Gasteiger partial charge in [-0.2, -0.15) is 0 Å². The standard InChI is InChI=1S/C16H24F3O5P/c1-5-22-25(23-6-2,24-7-3)11-13-9-8-12(15(20)21-4)10-14(13)16(17,18)19/h8-10,25H,5-7,11H2,1-4H3. The van der Waals surface area contributed by atoms with E-state index >= 15 is 0 Å². The molecular weight excluding hydrogens is 360 g/mol. The van der Waals surface area contributed by atoms with E-state index in [1.165, 1.54) is 12.1 Å². The molecule has 0 aliphatic rings. The van der Waals surface area contributed by atoms with Crippen LogP contribution in [0.3, 0.4) is 0 Å². The number of hydrogen-bond donors (Lipinski definition) is 0. The van der Waals surface area contributed by atoms with Crippen molar-refractivity contribution in [3.63, 3.8) is 0 Å². The molecule has 0 aromatic heterocycles. The number of hydrogen-bond acceptors (Lipinski definition) is 5. The Bertz CT molecular complexity index is 560. The minimum absolute atomic E-state index is 0.0397. The first-order valence-electron chi connectivity index (χ1n) is 7.93. The maximum atomic E-state index is 13.5. The number of benzene rings is 1. The summed E-state index contributed by atoms with van der Waals surface area (Å²) in [5.41, 5.74) is -1.14. The summed E-state index contributed by atoms with van der Waals surface area (Å²) >= 11 is 0. The summed E-state index contributed by atoms with van der Waals surface area (Å²) in [6.07, 6.45) is -4.77. The van der Waals surface area contributed by atoms with Gasteiger partial charge in [-0.3, -0.25) is 0 Å². The van der Waals surface area contributed by atoms with Crippen LogP contribution in [0.15, 0.2) is 18.2 Å². The third-order valence-corrected chi connectivity index (χ3v) is 6.34. The van der Waals surface area contributed by atoms with Crippen LogP contribution < -0.4 is 0 Å². The molecule has 1 rings (SSSR count). The Morgan fingerprint density at radius 2 is 1.56 bits per heavy atom. The number of carbonyl (C=O) groups excluding carboxylic acids is 1. The summed E-state index contributed by atoms with van der Waals surface area (Å²) in [5.74, 6) is -0.833. The summed E-state index contributed by atoms with van der Waals surface area (Å²) in [7, 11) is -2.20. The number of rotatable bonds is 9. The van der Waals surface area contributed by atoms with Gasteiger partial charge in [0.15, 0.2) is 0 Å². The molecule has 9 heteroatoms. The number of esters is 1. The molecule has 1 aromatic carbocycles. The third-order valence-electron chi connectivity index (χ3n) is 3.34. The van der Waals surface area contributed by atoms with Crippen molar-refractivity contribution in [1.82, 2.24) is 0 Å². The molecule has 5 nitrogen and oxygen atoms in total. The number of carbonyl (C=O) groups is 1. The van der Waals surface area contributed by atoms with Gasteiger partial charge in [-0.15, -0.1) is 0 Å². The molecule has 0 N–H and O–H groups in total. The number of alkyl halides is 3. The topological polar surface area (TPSA) is 54.0 Å². The van der Waals surface area contributed by atoms with Crippen molar-refractivity contribution in [3.05, 3.63) is 34.9 Å². The van der Waals surface area contributed by atoms with Crippen molar-refractivity contribution < 1.29 is 36.3 Å². The Morgan fingerprint density at radius 3 is 1.96 bits per heavy atom. The van der Waals surface area contributed by atoms with Gasteiger partial charge < -0.3 is 0 Å². The fourth-order valence-electron chi connectivity index (χ4n) is 2.41. The molecule has 0 amide bonds. The number of methoxy groups -OCH3 is 1. The molecule has 25 heavy (non-hydrogen) atoms. The zero-order chi connectivity index (χ0) is 19.1. The molecule has 0 aliphatic heterocycles. The quantitative estimate of drug-likeness (QED) is 0.460. The van der Waals surface area contributed by atoms with E-state index in [0.717, 1.165) is 13.2 Å². The Kier molecular flexibility index (Phi) is 8.28. The SMILES string of the molecule is CCO[PH](Cc1ccc(C(=O)OC)cc1C(F)(F)F)(OCC)OCC. The molecule has 0 saturated heterocycles. The van der Waals surface area contributed by atoms with Gasteiger partial charge in [0.1, 0.15) is 0 Å². The van der Waals surface area contributed by atoms with Crippen LogP contribution >= 0.6 is 7.94 Å². The maximum absolute atomic E-state index is 13.5. The summed E-state index contributed by atoms with van der Waals surface area (Å²) in [5, 5.41) is 0. The first-order chi connectivity index (χ1) is 11.7. The Labute approximate surface area is 146 Å². The zero-order valence-electron chi connectivity index (χ0n) is 14.7. The van der Waals surface area contributed by atoms with Crippen LogP contribution in [-0.4, -0.2) is 32.9 Å². The Balaban J connectivity index is 3.35. The molecule has 0 saturated carbocycles. The first-order valence-corrected chi connectivity index (χ1v) is 9.86. The van der Waals surface area contributed by atoms with Gasteiger partial charge in [0.25, 0.3) is 0 Å².